The minimum atomic E-state index is -3.42. The smallest absolute Gasteiger partial charge is 0.377 e. The lowest BCUT2D eigenvalue weighted by Gasteiger charge is -2.68. The molecule has 0 amide bonds. The monoisotopic (exact) mass is 258 g/mol. The lowest BCUT2D eigenvalue weighted by molar-refractivity contribution is -0.262. The fourth-order valence-electron chi connectivity index (χ4n) is 5.43. The van der Waals surface area contributed by atoms with E-state index >= 15 is 0 Å². The fourth-order valence-corrected chi connectivity index (χ4v) is 5.43. The topological polar surface area (TPSA) is 46.5 Å². The summed E-state index contributed by atoms with van der Waals surface area (Å²) in [6.07, 6.45) is 2.65. The van der Waals surface area contributed by atoms with E-state index in [2.05, 4.69) is 0 Å². The van der Waals surface area contributed by atoms with Crippen molar-refractivity contribution in [3.05, 3.63) is 0 Å². The van der Waals surface area contributed by atoms with Gasteiger partial charge in [-0.15, -0.1) is 0 Å². The Bertz CT molecular complexity index is 446. The van der Waals surface area contributed by atoms with Crippen LogP contribution in [0, 0.1) is 23.2 Å². The van der Waals surface area contributed by atoms with Gasteiger partial charge in [-0.3, -0.25) is 0 Å². The van der Waals surface area contributed by atoms with E-state index in [1.165, 1.54) is 0 Å². The van der Waals surface area contributed by atoms with Crippen LogP contribution in [-0.4, -0.2) is 28.7 Å². The Morgan fingerprint density at radius 2 is 2.11 bits per heavy atom. The number of hydrogen-bond acceptors (Lipinski definition) is 3. The minimum absolute atomic E-state index is 0.128. The Morgan fingerprint density at radius 3 is 2.72 bits per heavy atom. The second-order valence-electron chi connectivity index (χ2n) is 6.79. The van der Waals surface area contributed by atoms with Gasteiger partial charge in [0.2, 0.25) is 0 Å². The molecule has 4 saturated carbocycles. The molecule has 1 N–H and O–H groups in total. The number of halogens is 2. The summed E-state index contributed by atoms with van der Waals surface area (Å²) < 4.78 is 31.1. The Kier molecular flexibility index (Phi) is 1.70. The highest BCUT2D eigenvalue weighted by Gasteiger charge is 2.82. The van der Waals surface area contributed by atoms with Crippen LogP contribution in [-0.2, 0) is 9.53 Å². The van der Waals surface area contributed by atoms with Crippen molar-refractivity contribution in [2.24, 2.45) is 23.2 Å². The van der Waals surface area contributed by atoms with Gasteiger partial charge in [0.25, 0.3) is 0 Å². The Hall–Kier alpha value is -0.710. The van der Waals surface area contributed by atoms with Crippen molar-refractivity contribution < 1.29 is 23.4 Å². The molecule has 100 valence electrons. The summed E-state index contributed by atoms with van der Waals surface area (Å²) in [4.78, 5) is 11.4. The molecule has 0 saturated heterocycles. The van der Waals surface area contributed by atoms with Gasteiger partial charge in [-0.2, -0.15) is 8.78 Å². The summed E-state index contributed by atoms with van der Waals surface area (Å²) in [6.45, 7) is 0.578. The van der Waals surface area contributed by atoms with Crippen molar-refractivity contribution >= 4 is 5.97 Å². The summed E-state index contributed by atoms with van der Waals surface area (Å²) in [6, 6.07) is 0. The SMILES string of the molecule is CC(F)(F)C(=O)OC12CC3CC4C(O)C(C1)C34C2. The van der Waals surface area contributed by atoms with E-state index in [-0.39, 0.29) is 17.4 Å². The predicted octanol–water partition coefficient (Wildman–Crippen LogP) is 1.73. The summed E-state index contributed by atoms with van der Waals surface area (Å²) >= 11 is 0. The van der Waals surface area contributed by atoms with Crippen molar-refractivity contribution in [2.45, 2.75) is 50.2 Å². The number of fused-ring (bicyclic) bond motifs is 1. The summed E-state index contributed by atoms with van der Waals surface area (Å²) in [5.74, 6) is -3.85. The second-order valence-corrected chi connectivity index (χ2v) is 6.79. The Balaban J connectivity index is 1.59. The molecule has 6 unspecified atom stereocenters. The van der Waals surface area contributed by atoms with Crippen molar-refractivity contribution in [2.75, 3.05) is 0 Å². The molecule has 2 bridgehead atoms. The van der Waals surface area contributed by atoms with Crippen LogP contribution in [0.3, 0.4) is 0 Å². The predicted molar refractivity (Wildman–Crippen MR) is 56.8 cm³/mol. The highest BCUT2D eigenvalue weighted by Crippen LogP contribution is 2.82. The minimum Gasteiger partial charge on any atom is -0.455 e. The average molecular weight is 258 g/mol. The van der Waals surface area contributed by atoms with E-state index in [4.69, 9.17) is 4.74 Å². The molecular formula is C13H16F2O3. The number of rotatable bonds is 2. The number of aliphatic hydroxyl groups is 1. The van der Waals surface area contributed by atoms with Gasteiger partial charge in [0.05, 0.1) is 6.10 Å². The molecule has 3 nitrogen and oxygen atoms in total. The number of carbonyl (C=O) groups excluding carboxylic acids is 1. The molecule has 4 fully saturated rings. The number of hydrogen-bond donors (Lipinski definition) is 1. The quantitative estimate of drug-likeness (QED) is 0.767. The van der Waals surface area contributed by atoms with E-state index in [0.29, 0.717) is 38.0 Å². The molecule has 0 radical (unpaired) electrons. The van der Waals surface area contributed by atoms with Crippen LogP contribution in [0.2, 0.25) is 0 Å². The van der Waals surface area contributed by atoms with Crippen molar-refractivity contribution in [1.29, 1.82) is 0 Å². The zero-order valence-corrected chi connectivity index (χ0v) is 10.2. The van der Waals surface area contributed by atoms with Crippen LogP contribution in [0.1, 0.15) is 32.6 Å². The first-order valence-corrected chi connectivity index (χ1v) is 6.58. The zero-order chi connectivity index (χ0) is 12.9. The van der Waals surface area contributed by atoms with Gasteiger partial charge in [0.1, 0.15) is 5.60 Å². The Labute approximate surface area is 103 Å². The Morgan fingerprint density at radius 1 is 1.39 bits per heavy atom. The first-order chi connectivity index (χ1) is 8.29. The largest absolute Gasteiger partial charge is 0.455 e. The number of carbonyl (C=O) groups is 1. The zero-order valence-electron chi connectivity index (χ0n) is 10.2. The van der Waals surface area contributed by atoms with E-state index in [1.54, 1.807) is 0 Å². The highest BCUT2D eigenvalue weighted by molar-refractivity contribution is 5.77. The van der Waals surface area contributed by atoms with Gasteiger partial charge in [0, 0.05) is 6.92 Å². The maximum Gasteiger partial charge on any atom is 0.377 e. The normalized spacial score (nSPS) is 55.6. The molecule has 0 heterocycles. The summed E-state index contributed by atoms with van der Waals surface area (Å²) in [5.41, 5.74) is -0.583. The molecule has 0 aliphatic heterocycles. The molecule has 4 aliphatic rings. The highest BCUT2D eigenvalue weighted by atomic mass is 19.3. The van der Waals surface area contributed by atoms with Gasteiger partial charge in [0.15, 0.2) is 0 Å². The standard InChI is InChI=1S/C13H16F2O3/c1-11(14,15)10(17)18-12-3-6-2-7-9(16)8(4-12)13(6,7)5-12/h6-9,16H,2-5H2,1H3. The second kappa shape index (κ2) is 2.74. The third kappa shape index (κ3) is 0.985. The van der Waals surface area contributed by atoms with Gasteiger partial charge < -0.3 is 9.84 Å². The van der Waals surface area contributed by atoms with E-state index in [1.807, 2.05) is 0 Å². The first-order valence-electron chi connectivity index (χ1n) is 6.58. The molecule has 4 rings (SSSR count). The number of aliphatic hydroxyl groups excluding tert-OH is 1. The number of alkyl halides is 2. The van der Waals surface area contributed by atoms with Crippen LogP contribution in [0.5, 0.6) is 0 Å². The third-order valence-electron chi connectivity index (χ3n) is 6.01. The molecular weight excluding hydrogens is 242 g/mol. The van der Waals surface area contributed by atoms with Crippen molar-refractivity contribution in [3.8, 4) is 0 Å². The van der Waals surface area contributed by atoms with E-state index < -0.39 is 17.5 Å². The van der Waals surface area contributed by atoms with Gasteiger partial charge in [-0.25, -0.2) is 4.79 Å². The van der Waals surface area contributed by atoms with Crippen LogP contribution in [0.15, 0.2) is 0 Å². The van der Waals surface area contributed by atoms with Crippen LogP contribution in [0.4, 0.5) is 8.78 Å². The maximum absolute atomic E-state index is 13.0. The van der Waals surface area contributed by atoms with Crippen LogP contribution >= 0.6 is 0 Å². The van der Waals surface area contributed by atoms with Gasteiger partial charge in [-0.05, 0) is 48.9 Å². The van der Waals surface area contributed by atoms with Crippen molar-refractivity contribution in [1.82, 2.24) is 0 Å². The number of ether oxygens (including phenoxy) is 1. The molecule has 1 spiro atoms. The molecule has 0 aromatic rings. The first kappa shape index (κ1) is 11.1. The third-order valence-corrected chi connectivity index (χ3v) is 6.01. The summed E-state index contributed by atoms with van der Waals surface area (Å²) in [5, 5.41) is 9.96. The summed E-state index contributed by atoms with van der Waals surface area (Å²) in [7, 11) is 0. The lowest BCUT2D eigenvalue weighted by atomic mass is 9.37. The molecule has 4 aliphatic carbocycles. The van der Waals surface area contributed by atoms with Crippen LogP contribution in [0.25, 0.3) is 0 Å². The molecule has 18 heavy (non-hydrogen) atoms. The molecule has 0 aromatic heterocycles. The number of esters is 1. The molecule has 5 heteroatoms. The maximum atomic E-state index is 13.0. The van der Waals surface area contributed by atoms with Crippen LogP contribution < -0.4 is 0 Å². The van der Waals surface area contributed by atoms with E-state index in [9.17, 15) is 18.7 Å². The molecule has 0 aromatic carbocycles. The molecule has 6 atom stereocenters. The van der Waals surface area contributed by atoms with E-state index in [0.717, 1.165) is 6.42 Å². The fraction of sp³-hybridized carbons (Fsp3) is 0.923. The average Bonchev–Trinajstić information content (AvgIpc) is 2.69. The van der Waals surface area contributed by atoms with Gasteiger partial charge in [-0.1, -0.05) is 0 Å². The van der Waals surface area contributed by atoms with Gasteiger partial charge >= 0.3 is 11.9 Å². The van der Waals surface area contributed by atoms with Crippen molar-refractivity contribution in [3.63, 3.8) is 0 Å². The lowest BCUT2D eigenvalue weighted by Crippen LogP contribution is -2.68.